The van der Waals surface area contributed by atoms with Gasteiger partial charge in [-0.25, -0.2) is 14.8 Å². The number of carbonyl (C=O) groups is 3. The van der Waals surface area contributed by atoms with Crippen molar-refractivity contribution in [2.75, 3.05) is 32.0 Å². The van der Waals surface area contributed by atoms with E-state index in [1.54, 1.807) is 52.0 Å². The summed E-state index contributed by atoms with van der Waals surface area (Å²) in [6.45, 7) is 8.64. The van der Waals surface area contributed by atoms with E-state index in [4.69, 9.17) is 4.74 Å². The van der Waals surface area contributed by atoms with Crippen LogP contribution in [-0.4, -0.2) is 76.0 Å². The maximum absolute atomic E-state index is 12.4. The second-order valence-electron chi connectivity index (χ2n) is 10.0. The summed E-state index contributed by atoms with van der Waals surface area (Å²) in [7, 11) is 1.69. The molecule has 1 fully saturated rings. The fraction of sp³-hybridized carbons (Fsp3) is 0.500. The summed E-state index contributed by atoms with van der Waals surface area (Å²) >= 11 is 0. The van der Waals surface area contributed by atoms with Crippen molar-refractivity contribution in [2.24, 2.45) is 0 Å². The van der Waals surface area contributed by atoms with Crippen LogP contribution in [0.1, 0.15) is 46.1 Å². The monoisotopic (exact) mass is 496 g/mol. The van der Waals surface area contributed by atoms with E-state index in [0.29, 0.717) is 12.5 Å². The Bertz CT molecular complexity index is 1060. The normalized spacial score (nSPS) is 14.2. The van der Waals surface area contributed by atoms with Gasteiger partial charge in [-0.05, 0) is 50.8 Å². The molecule has 3 amide bonds. The van der Waals surface area contributed by atoms with E-state index in [1.165, 1.54) is 0 Å². The number of amides is 3. The third-order valence-electron chi connectivity index (χ3n) is 5.81. The third-order valence-corrected chi connectivity index (χ3v) is 5.81. The third kappa shape index (κ3) is 8.21. The zero-order valence-corrected chi connectivity index (χ0v) is 21.7. The summed E-state index contributed by atoms with van der Waals surface area (Å²) in [4.78, 5) is 48.1. The van der Waals surface area contributed by atoms with Gasteiger partial charge in [-0.1, -0.05) is 18.2 Å². The number of hydrogen-bond donors (Lipinski definition) is 2. The summed E-state index contributed by atoms with van der Waals surface area (Å²) < 4.78 is 5.16. The van der Waals surface area contributed by atoms with Gasteiger partial charge in [0.15, 0.2) is 0 Å². The number of likely N-dealkylation sites (tertiary alicyclic amines) is 1. The number of nitrogens with one attached hydrogen (secondary N) is 2. The molecule has 1 aliphatic heterocycles. The molecule has 2 N–H and O–H groups in total. The molecule has 1 aliphatic rings. The first-order valence-corrected chi connectivity index (χ1v) is 12.1. The molecule has 1 aromatic carbocycles. The molecule has 0 atom stereocenters. The van der Waals surface area contributed by atoms with Crippen LogP contribution < -0.4 is 10.6 Å². The molecule has 0 bridgehead atoms. The van der Waals surface area contributed by atoms with Gasteiger partial charge in [0.2, 0.25) is 17.8 Å². The van der Waals surface area contributed by atoms with Gasteiger partial charge in [0.05, 0.1) is 0 Å². The molecular formula is C26H36N6O4. The van der Waals surface area contributed by atoms with Gasteiger partial charge in [-0.3, -0.25) is 9.59 Å². The lowest BCUT2D eigenvalue weighted by Gasteiger charge is -2.31. The number of likely N-dealkylation sites (N-methyl/N-ethyl adjacent to an activating group) is 1. The Morgan fingerprint density at radius 3 is 2.39 bits per heavy atom. The van der Waals surface area contributed by atoms with Crippen molar-refractivity contribution in [1.82, 2.24) is 25.1 Å². The maximum atomic E-state index is 12.4. The summed E-state index contributed by atoms with van der Waals surface area (Å²) in [6.07, 6.45) is 4.67. The van der Waals surface area contributed by atoms with Gasteiger partial charge in [0.1, 0.15) is 12.1 Å². The summed E-state index contributed by atoms with van der Waals surface area (Å²) in [5, 5.41) is 5.85. The zero-order valence-electron chi connectivity index (χ0n) is 21.7. The van der Waals surface area contributed by atoms with E-state index in [0.717, 1.165) is 42.6 Å². The SMILES string of the molecule is CC(=O)N1CCC(Nc2ncc(-c3cccc(CN(C)C(=O)CNC(=O)OC(C)(C)C)c3)cn2)CC1. The average molecular weight is 497 g/mol. The molecule has 0 radical (unpaired) electrons. The molecule has 0 spiro atoms. The lowest BCUT2D eigenvalue weighted by Crippen LogP contribution is -2.41. The van der Waals surface area contributed by atoms with Crippen molar-refractivity contribution in [3.63, 3.8) is 0 Å². The molecule has 36 heavy (non-hydrogen) atoms. The number of piperidine rings is 1. The van der Waals surface area contributed by atoms with Gasteiger partial charge in [0.25, 0.3) is 0 Å². The second-order valence-corrected chi connectivity index (χ2v) is 10.0. The molecule has 2 heterocycles. The van der Waals surface area contributed by atoms with Crippen LogP contribution in [0.4, 0.5) is 10.7 Å². The molecule has 1 saturated heterocycles. The standard InChI is InChI=1S/C26H36N6O4/c1-18(33)32-11-9-22(10-12-32)30-24-27-14-21(15-28-24)20-8-6-7-19(13-20)17-31(5)23(34)16-29-25(35)36-26(2,3)4/h6-8,13-15,22H,9-12,16-17H2,1-5H3,(H,29,35)(H,27,28,30). The Morgan fingerprint density at radius 2 is 1.78 bits per heavy atom. The van der Waals surface area contributed by atoms with E-state index in [9.17, 15) is 14.4 Å². The number of alkyl carbamates (subject to hydrolysis) is 1. The van der Waals surface area contributed by atoms with Crippen LogP contribution in [-0.2, 0) is 20.9 Å². The van der Waals surface area contributed by atoms with Crippen LogP contribution in [0.25, 0.3) is 11.1 Å². The highest BCUT2D eigenvalue weighted by Gasteiger charge is 2.21. The minimum atomic E-state index is -0.620. The molecule has 0 saturated carbocycles. The van der Waals surface area contributed by atoms with E-state index >= 15 is 0 Å². The first kappa shape index (κ1) is 26.9. The van der Waals surface area contributed by atoms with Gasteiger partial charge < -0.3 is 25.2 Å². The highest BCUT2D eigenvalue weighted by Crippen LogP contribution is 2.21. The van der Waals surface area contributed by atoms with Crippen LogP contribution >= 0.6 is 0 Å². The lowest BCUT2D eigenvalue weighted by molar-refractivity contribution is -0.130. The Balaban J connectivity index is 1.52. The molecular weight excluding hydrogens is 460 g/mol. The van der Waals surface area contributed by atoms with Gasteiger partial charge in [0, 0.05) is 57.6 Å². The van der Waals surface area contributed by atoms with Crippen LogP contribution in [0, 0.1) is 0 Å². The van der Waals surface area contributed by atoms with Crippen LogP contribution in [0.5, 0.6) is 0 Å². The second kappa shape index (κ2) is 11.8. The molecule has 10 heteroatoms. The van der Waals surface area contributed by atoms with E-state index in [1.807, 2.05) is 29.2 Å². The predicted octanol–water partition coefficient (Wildman–Crippen LogP) is 3.05. The number of benzene rings is 1. The Kier molecular flexibility index (Phi) is 8.84. The first-order chi connectivity index (χ1) is 17.0. The Labute approximate surface area is 212 Å². The van der Waals surface area contributed by atoms with Crippen LogP contribution in [0.3, 0.4) is 0 Å². The topological polar surface area (TPSA) is 117 Å². The maximum Gasteiger partial charge on any atom is 0.408 e. The summed E-state index contributed by atoms with van der Waals surface area (Å²) in [6, 6.07) is 8.08. The number of anilines is 1. The Hall–Kier alpha value is -3.69. The van der Waals surface area contributed by atoms with Crippen molar-refractivity contribution >= 4 is 23.9 Å². The number of aromatic nitrogens is 2. The van der Waals surface area contributed by atoms with E-state index in [2.05, 4.69) is 20.6 Å². The lowest BCUT2D eigenvalue weighted by atomic mass is 10.1. The predicted molar refractivity (Wildman–Crippen MR) is 137 cm³/mol. The highest BCUT2D eigenvalue weighted by atomic mass is 16.6. The molecule has 2 aromatic rings. The highest BCUT2D eigenvalue weighted by molar-refractivity contribution is 5.82. The van der Waals surface area contributed by atoms with Crippen LogP contribution in [0.2, 0.25) is 0 Å². The van der Waals surface area contributed by atoms with Crippen LogP contribution in [0.15, 0.2) is 36.7 Å². The molecule has 1 aromatic heterocycles. The summed E-state index contributed by atoms with van der Waals surface area (Å²) in [5.74, 6) is 0.461. The number of hydrogen-bond acceptors (Lipinski definition) is 7. The number of ether oxygens (including phenoxy) is 1. The zero-order chi connectivity index (χ0) is 26.3. The van der Waals surface area contributed by atoms with Crippen molar-refractivity contribution in [3.8, 4) is 11.1 Å². The van der Waals surface area contributed by atoms with Crippen molar-refractivity contribution in [1.29, 1.82) is 0 Å². The smallest absolute Gasteiger partial charge is 0.408 e. The van der Waals surface area contributed by atoms with Gasteiger partial charge >= 0.3 is 6.09 Å². The number of nitrogens with zero attached hydrogens (tertiary/aromatic N) is 4. The van der Waals surface area contributed by atoms with Crippen molar-refractivity contribution in [3.05, 3.63) is 42.2 Å². The number of rotatable bonds is 7. The number of carbonyl (C=O) groups excluding carboxylic acids is 3. The van der Waals surface area contributed by atoms with E-state index in [-0.39, 0.29) is 24.4 Å². The Morgan fingerprint density at radius 1 is 1.11 bits per heavy atom. The van der Waals surface area contributed by atoms with E-state index < -0.39 is 11.7 Å². The minimum Gasteiger partial charge on any atom is -0.444 e. The van der Waals surface area contributed by atoms with Gasteiger partial charge in [-0.15, -0.1) is 0 Å². The molecule has 3 rings (SSSR count). The molecule has 10 nitrogen and oxygen atoms in total. The van der Waals surface area contributed by atoms with Crippen molar-refractivity contribution in [2.45, 2.75) is 58.7 Å². The summed E-state index contributed by atoms with van der Waals surface area (Å²) in [5.41, 5.74) is 2.14. The minimum absolute atomic E-state index is 0.115. The fourth-order valence-corrected chi connectivity index (χ4v) is 3.88. The fourth-order valence-electron chi connectivity index (χ4n) is 3.88. The average Bonchev–Trinajstić information content (AvgIpc) is 2.82. The largest absolute Gasteiger partial charge is 0.444 e. The van der Waals surface area contributed by atoms with Gasteiger partial charge in [-0.2, -0.15) is 0 Å². The quantitative estimate of drug-likeness (QED) is 0.605. The molecule has 0 aliphatic carbocycles. The first-order valence-electron chi connectivity index (χ1n) is 12.1. The molecule has 0 unspecified atom stereocenters. The molecule has 194 valence electrons. The van der Waals surface area contributed by atoms with Crippen molar-refractivity contribution < 1.29 is 19.1 Å².